The largest absolute Gasteiger partial charge is 0.325 e. The minimum Gasteiger partial charge on any atom is -0.325 e. The Balaban J connectivity index is 2.33. The highest BCUT2D eigenvalue weighted by Crippen LogP contribution is 2.23. The van der Waals surface area contributed by atoms with Gasteiger partial charge in [0.25, 0.3) is 0 Å². The van der Waals surface area contributed by atoms with Gasteiger partial charge in [-0.15, -0.1) is 11.3 Å². The van der Waals surface area contributed by atoms with Gasteiger partial charge in [0.2, 0.25) is 0 Å². The fourth-order valence-electron chi connectivity index (χ4n) is 1.54. The Morgan fingerprint density at radius 2 is 1.94 bits per heavy atom. The van der Waals surface area contributed by atoms with E-state index in [0.717, 1.165) is 16.3 Å². The van der Waals surface area contributed by atoms with Crippen molar-refractivity contribution in [2.45, 2.75) is 18.4 Å². The van der Waals surface area contributed by atoms with E-state index in [9.17, 15) is 8.42 Å². The Bertz CT molecular complexity index is 630. The Morgan fingerprint density at radius 1 is 1.28 bits per heavy atom. The van der Waals surface area contributed by atoms with Crippen molar-refractivity contribution in [3.8, 4) is 11.3 Å². The van der Waals surface area contributed by atoms with E-state index >= 15 is 0 Å². The molecule has 0 atom stereocenters. The highest BCUT2D eigenvalue weighted by Gasteiger charge is 2.11. The van der Waals surface area contributed by atoms with Crippen LogP contribution in [-0.4, -0.2) is 19.2 Å². The van der Waals surface area contributed by atoms with Crippen molar-refractivity contribution in [3.63, 3.8) is 0 Å². The predicted molar refractivity (Wildman–Crippen MR) is 73.2 cm³/mol. The molecule has 18 heavy (non-hydrogen) atoms. The molecule has 2 rings (SSSR count). The Hall–Kier alpha value is -1.24. The molecule has 2 N–H and O–H groups in total. The van der Waals surface area contributed by atoms with Gasteiger partial charge >= 0.3 is 0 Å². The molecule has 96 valence electrons. The molecule has 0 unspecified atom stereocenters. The van der Waals surface area contributed by atoms with Crippen LogP contribution in [0.5, 0.6) is 0 Å². The van der Waals surface area contributed by atoms with Crippen LogP contribution in [-0.2, 0) is 16.4 Å². The van der Waals surface area contributed by atoms with Crippen molar-refractivity contribution in [1.82, 2.24) is 4.98 Å². The first-order valence-electron chi connectivity index (χ1n) is 5.54. The zero-order valence-electron chi connectivity index (χ0n) is 9.96. The minimum atomic E-state index is -3.13. The van der Waals surface area contributed by atoms with Crippen LogP contribution in [0, 0.1) is 0 Å². The molecule has 1 heterocycles. The molecular weight excluding hydrogens is 268 g/mol. The number of nitrogens with two attached hydrogens (primary N) is 1. The van der Waals surface area contributed by atoms with E-state index in [0.29, 0.717) is 11.4 Å². The Labute approximate surface area is 110 Å². The van der Waals surface area contributed by atoms with Crippen LogP contribution in [0.25, 0.3) is 11.3 Å². The number of rotatable bonds is 4. The van der Waals surface area contributed by atoms with E-state index < -0.39 is 9.84 Å². The summed E-state index contributed by atoms with van der Waals surface area (Å²) in [5.74, 6) is 0.111. The highest BCUT2D eigenvalue weighted by molar-refractivity contribution is 7.91. The summed E-state index contributed by atoms with van der Waals surface area (Å²) in [7, 11) is -3.13. The first-order valence-corrected chi connectivity index (χ1v) is 8.07. The number of hydrogen-bond donors (Lipinski definition) is 1. The lowest BCUT2D eigenvalue weighted by Gasteiger charge is -2.02. The summed E-state index contributed by atoms with van der Waals surface area (Å²) >= 11 is 1.50. The molecule has 0 bridgehead atoms. The van der Waals surface area contributed by atoms with E-state index in [1.807, 2.05) is 5.38 Å². The van der Waals surface area contributed by atoms with E-state index in [2.05, 4.69) is 4.98 Å². The lowest BCUT2D eigenvalue weighted by atomic mass is 10.2. The predicted octanol–water partition coefficient (Wildman–Crippen LogP) is 2.06. The quantitative estimate of drug-likeness (QED) is 0.931. The zero-order valence-corrected chi connectivity index (χ0v) is 11.6. The summed E-state index contributed by atoms with van der Waals surface area (Å²) < 4.78 is 23.3. The van der Waals surface area contributed by atoms with Gasteiger partial charge in [-0.2, -0.15) is 0 Å². The van der Waals surface area contributed by atoms with Crippen LogP contribution >= 0.6 is 11.3 Å². The lowest BCUT2D eigenvalue weighted by Crippen LogP contribution is -2.03. The molecule has 0 spiro atoms. The molecule has 0 fully saturated rings. The summed E-state index contributed by atoms with van der Waals surface area (Å²) in [6, 6.07) is 6.79. The van der Waals surface area contributed by atoms with Crippen molar-refractivity contribution >= 4 is 21.2 Å². The first kappa shape index (κ1) is 13.2. The molecule has 0 aliphatic heterocycles. The molecule has 0 radical (unpaired) electrons. The second-order valence-electron chi connectivity index (χ2n) is 3.76. The highest BCUT2D eigenvalue weighted by atomic mass is 32.2. The van der Waals surface area contributed by atoms with Gasteiger partial charge < -0.3 is 5.73 Å². The van der Waals surface area contributed by atoms with Gasteiger partial charge in [0.1, 0.15) is 5.01 Å². The molecule has 0 aliphatic rings. The van der Waals surface area contributed by atoms with Gasteiger partial charge in [0, 0.05) is 17.5 Å². The number of aromatic nitrogens is 1. The number of hydrogen-bond acceptors (Lipinski definition) is 5. The Kier molecular flexibility index (Phi) is 3.79. The number of sulfone groups is 1. The second-order valence-corrected chi connectivity index (χ2v) is 6.98. The van der Waals surface area contributed by atoms with Gasteiger partial charge in [0.05, 0.1) is 16.3 Å². The standard InChI is InChI=1S/C12H14N2O2S2/c1-2-18(15,16)10-5-3-9(4-6-10)11-8-17-12(7-13)14-11/h3-6,8H,2,7,13H2,1H3. The van der Waals surface area contributed by atoms with Crippen LogP contribution in [0.15, 0.2) is 34.5 Å². The van der Waals surface area contributed by atoms with Crippen LogP contribution < -0.4 is 5.73 Å². The van der Waals surface area contributed by atoms with Crippen LogP contribution in [0.3, 0.4) is 0 Å². The van der Waals surface area contributed by atoms with E-state index in [-0.39, 0.29) is 5.75 Å². The summed E-state index contributed by atoms with van der Waals surface area (Å²) in [5.41, 5.74) is 7.25. The van der Waals surface area contributed by atoms with Gasteiger partial charge in [-0.05, 0) is 12.1 Å². The third-order valence-electron chi connectivity index (χ3n) is 2.62. The SMILES string of the molecule is CCS(=O)(=O)c1ccc(-c2csc(CN)n2)cc1. The van der Waals surface area contributed by atoms with E-state index in [1.54, 1.807) is 31.2 Å². The molecule has 0 saturated heterocycles. The maximum absolute atomic E-state index is 11.7. The maximum atomic E-state index is 11.7. The zero-order chi connectivity index (χ0) is 13.2. The summed E-state index contributed by atoms with van der Waals surface area (Å²) in [6.07, 6.45) is 0. The van der Waals surface area contributed by atoms with Crippen molar-refractivity contribution in [3.05, 3.63) is 34.7 Å². The fraction of sp³-hybridized carbons (Fsp3) is 0.250. The van der Waals surface area contributed by atoms with Gasteiger partial charge in [-0.25, -0.2) is 13.4 Å². The summed E-state index contributed by atoms with van der Waals surface area (Å²) in [6.45, 7) is 2.06. The third kappa shape index (κ3) is 2.60. The van der Waals surface area contributed by atoms with Crippen molar-refractivity contribution in [2.75, 3.05) is 5.75 Å². The molecule has 0 saturated carbocycles. The number of benzene rings is 1. The van der Waals surface area contributed by atoms with Crippen molar-refractivity contribution in [2.24, 2.45) is 5.73 Å². The molecular formula is C12H14N2O2S2. The normalized spacial score (nSPS) is 11.7. The molecule has 6 heteroatoms. The Morgan fingerprint density at radius 3 is 2.44 bits per heavy atom. The molecule has 2 aromatic rings. The molecule has 1 aromatic heterocycles. The lowest BCUT2D eigenvalue weighted by molar-refractivity contribution is 0.597. The second kappa shape index (κ2) is 5.17. The average Bonchev–Trinajstić information content (AvgIpc) is 2.87. The average molecular weight is 282 g/mol. The number of thiazole rings is 1. The smallest absolute Gasteiger partial charge is 0.178 e. The minimum absolute atomic E-state index is 0.111. The fourth-order valence-corrected chi connectivity index (χ4v) is 3.10. The number of nitrogens with zero attached hydrogens (tertiary/aromatic N) is 1. The van der Waals surface area contributed by atoms with Crippen molar-refractivity contribution < 1.29 is 8.42 Å². The van der Waals surface area contributed by atoms with Crippen molar-refractivity contribution in [1.29, 1.82) is 0 Å². The first-order chi connectivity index (χ1) is 8.56. The van der Waals surface area contributed by atoms with Gasteiger partial charge in [-0.3, -0.25) is 0 Å². The van der Waals surface area contributed by atoms with Crippen LogP contribution in [0.2, 0.25) is 0 Å². The molecule has 0 aliphatic carbocycles. The van der Waals surface area contributed by atoms with Gasteiger partial charge in [-0.1, -0.05) is 19.1 Å². The van der Waals surface area contributed by atoms with Crippen LogP contribution in [0.1, 0.15) is 11.9 Å². The maximum Gasteiger partial charge on any atom is 0.178 e. The molecule has 1 aromatic carbocycles. The molecule has 4 nitrogen and oxygen atoms in total. The van der Waals surface area contributed by atoms with E-state index in [4.69, 9.17) is 5.73 Å². The topological polar surface area (TPSA) is 73.0 Å². The molecule has 0 amide bonds. The summed E-state index contributed by atoms with van der Waals surface area (Å²) in [5, 5.41) is 2.79. The van der Waals surface area contributed by atoms with Gasteiger partial charge in [0.15, 0.2) is 9.84 Å². The third-order valence-corrected chi connectivity index (χ3v) is 5.24. The summed E-state index contributed by atoms with van der Waals surface area (Å²) in [4.78, 5) is 4.71. The monoisotopic (exact) mass is 282 g/mol. The van der Waals surface area contributed by atoms with E-state index in [1.165, 1.54) is 11.3 Å². The van der Waals surface area contributed by atoms with Crippen LogP contribution in [0.4, 0.5) is 0 Å².